The largest absolute Gasteiger partial charge is 0.424 e. The number of nitrogens with one attached hydrogen (secondary N) is 1. The van der Waals surface area contributed by atoms with Crippen molar-refractivity contribution in [1.82, 2.24) is 9.80 Å². The maximum atomic E-state index is 14.5. The fourth-order valence-corrected chi connectivity index (χ4v) is 4.13. The molecule has 1 atom stereocenters. The van der Waals surface area contributed by atoms with E-state index in [1.165, 1.54) is 24.3 Å². The maximum Gasteiger partial charge on any atom is 0.424 e. The molecule has 1 fully saturated rings. The van der Waals surface area contributed by atoms with Crippen molar-refractivity contribution in [2.75, 3.05) is 38.2 Å². The number of hydrogen-bond acceptors (Lipinski definition) is 4. The molecule has 0 bridgehead atoms. The Morgan fingerprint density at radius 2 is 1.66 bits per heavy atom. The van der Waals surface area contributed by atoms with Crippen LogP contribution in [0.2, 0.25) is 0 Å². The van der Waals surface area contributed by atoms with Crippen LogP contribution < -0.4 is 5.32 Å². The summed E-state index contributed by atoms with van der Waals surface area (Å²) in [5.41, 5.74) is -3.26. The van der Waals surface area contributed by atoms with Gasteiger partial charge in [-0.05, 0) is 41.7 Å². The van der Waals surface area contributed by atoms with E-state index in [1.54, 1.807) is 4.90 Å². The van der Waals surface area contributed by atoms with Gasteiger partial charge in [-0.25, -0.2) is 8.78 Å². The van der Waals surface area contributed by atoms with Crippen molar-refractivity contribution in [3.63, 3.8) is 0 Å². The quantitative estimate of drug-likeness (QED) is 0.444. The van der Waals surface area contributed by atoms with Crippen molar-refractivity contribution in [2.45, 2.75) is 45.0 Å². The molecular formula is C27H32F5N3O3. The summed E-state index contributed by atoms with van der Waals surface area (Å²) in [7, 11) is 0. The molecule has 0 spiro atoms. The first-order chi connectivity index (χ1) is 17.8. The van der Waals surface area contributed by atoms with Gasteiger partial charge in [-0.15, -0.1) is 0 Å². The monoisotopic (exact) mass is 541 g/mol. The van der Waals surface area contributed by atoms with E-state index in [-0.39, 0.29) is 29.5 Å². The molecule has 6 nitrogen and oxygen atoms in total. The lowest BCUT2D eigenvalue weighted by Crippen LogP contribution is -2.48. The highest BCUT2D eigenvalue weighted by atomic mass is 19.4. The first-order valence-electron chi connectivity index (χ1n) is 12.4. The van der Waals surface area contributed by atoms with Crippen molar-refractivity contribution < 1.29 is 36.6 Å². The molecule has 2 N–H and O–H groups in total. The van der Waals surface area contributed by atoms with Crippen molar-refractivity contribution in [3.8, 4) is 0 Å². The number of amides is 2. The Morgan fingerprint density at radius 3 is 2.18 bits per heavy atom. The van der Waals surface area contributed by atoms with E-state index in [1.807, 2.05) is 18.7 Å². The Hall–Kier alpha value is -3.05. The number of piperazine rings is 1. The average molecular weight is 542 g/mol. The number of carbonyl (C=O) groups excluding carboxylic acids is 2. The summed E-state index contributed by atoms with van der Waals surface area (Å²) >= 11 is 0. The predicted molar refractivity (Wildman–Crippen MR) is 133 cm³/mol. The SMILES string of the molecule is CC(C)CCC(=O)Nc1ccc(C(=O)N2CCN(Cc3ccc(C(O)(CF)C(F)(F)F)cc3)CC2)cc1F. The summed E-state index contributed by atoms with van der Waals surface area (Å²) in [4.78, 5) is 28.4. The molecule has 38 heavy (non-hydrogen) atoms. The van der Waals surface area contributed by atoms with Gasteiger partial charge in [0, 0.05) is 44.7 Å². The molecule has 1 unspecified atom stereocenters. The van der Waals surface area contributed by atoms with Gasteiger partial charge in [0.15, 0.2) is 0 Å². The van der Waals surface area contributed by atoms with Gasteiger partial charge >= 0.3 is 6.18 Å². The van der Waals surface area contributed by atoms with Crippen LogP contribution in [0.3, 0.4) is 0 Å². The van der Waals surface area contributed by atoms with Crippen LogP contribution in [0.5, 0.6) is 0 Å². The van der Waals surface area contributed by atoms with E-state index in [9.17, 15) is 36.6 Å². The molecule has 1 heterocycles. The van der Waals surface area contributed by atoms with Crippen molar-refractivity contribution in [1.29, 1.82) is 0 Å². The van der Waals surface area contributed by atoms with Gasteiger partial charge < -0.3 is 15.3 Å². The number of anilines is 1. The highest BCUT2D eigenvalue weighted by Crippen LogP contribution is 2.39. The third-order valence-electron chi connectivity index (χ3n) is 6.60. The molecular weight excluding hydrogens is 509 g/mol. The van der Waals surface area contributed by atoms with Crippen molar-refractivity contribution >= 4 is 17.5 Å². The fourth-order valence-electron chi connectivity index (χ4n) is 4.13. The summed E-state index contributed by atoms with van der Waals surface area (Å²) in [6, 6.07) is 8.89. The van der Waals surface area contributed by atoms with E-state index in [2.05, 4.69) is 5.32 Å². The lowest BCUT2D eigenvalue weighted by Gasteiger charge is -2.35. The van der Waals surface area contributed by atoms with Gasteiger partial charge in [-0.3, -0.25) is 14.5 Å². The van der Waals surface area contributed by atoms with Crippen LogP contribution in [0.15, 0.2) is 42.5 Å². The second-order valence-corrected chi connectivity index (χ2v) is 9.93. The minimum Gasteiger partial charge on any atom is -0.374 e. The highest BCUT2D eigenvalue weighted by molar-refractivity contribution is 5.96. The van der Waals surface area contributed by atoms with Gasteiger partial charge in [0.2, 0.25) is 11.5 Å². The third-order valence-corrected chi connectivity index (χ3v) is 6.60. The maximum absolute atomic E-state index is 14.5. The number of hydrogen-bond donors (Lipinski definition) is 2. The van der Waals surface area contributed by atoms with Crippen molar-refractivity contribution in [2.24, 2.45) is 5.92 Å². The number of nitrogens with zero attached hydrogens (tertiary/aromatic N) is 2. The summed E-state index contributed by atoms with van der Waals surface area (Å²) in [6.07, 6.45) is -4.18. The Labute approximate surface area is 218 Å². The fraction of sp³-hybridized carbons (Fsp3) is 0.481. The number of alkyl halides is 4. The zero-order valence-corrected chi connectivity index (χ0v) is 21.3. The molecule has 0 aromatic heterocycles. The zero-order chi connectivity index (χ0) is 28.1. The normalized spacial score (nSPS) is 16.4. The van der Waals surface area contributed by atoms with Gasteiger partial charge in [0.05, 0.1) is 5.69 Å². The zero-order valence-electron chi connectivity index (χ0n) is 21.3. The number of aliphatic hydroxyl groups is 1. The number of rotatable bonds is 9. The molecule has 0 aliphatic carbocycles. The Morgan fingerprint density at radius 1 is 1.03 bits per heavy atom. The standard InChI is InChI=1S/C27H32F5N3O3/c1-18(2)3-10-24(36)33-23-9-6-20(15-22(23)29)25(37)35-13-11-34(12-14-35)16-19-4-7-21(8-5-19)26(38,17-28)27(30,31)32/h4-9,15,18,38H,3,10-14,16-17H2,1-2H3,(H,33,36). The lowest BCUT2D eigenvalue weighted by molar-refractivity contribution is -0.271. The smallest absolute Gasteiger partial charge is 0.374 e. The molecule has 3 rings (SSSR count). The van der Waals surface area contributed by atoms with Crippen LogP contribution in [-0.2, 0) is 16.9 Å². The minimum absolute atomic E-state index is 0.0198. The summed E-state index contributed by atoms with van der Waals surface area (Å²) in [5.74, 6) is -0.982. The Bertz CT molecular complexity index is 1120. The van der Waals surface area contributed by atoms with Crippen LogP contribution in [0.1, 0.15) is 48.2 Å². The van der Waals surface area contributed by atoms with Crippen LogP contribution in [0, 0.1) is 11.7 Å². The van der Waals surface area contributed by atoms with Crippen LogP contribution >= 0.6 is 0 Å². The first kappa shape index (κ1) is 29.5. The van der Waals surface area contributed by atoms with E-state index >= 15 is 0 Å². The van der Waals surface area contributed by atoms with E-state index < -0.39 is 29.8 Å². The topological polar surface area (TPSA) is 72.9 Å². The lowest BCUT2D eigenvalue weighted by atomic mass is 9.93. The Kier molecular flexibility index (Phi) is 9.48. The molecule has 208 valence electrons. The van der Waals surface area contributed by atoms with Gasteiger partial charge in [-0.2, -0.15) is 13.2 Å². The molecule has 1 aliphatic heterocycles. The predicted octanol–water partition coefficient (Wildman–Crippen LogP) is 4.88. The molecule has 0 saturated carbocycles. The molecule has 2 aromatic carbocycles. The second-order valence-electron chi connectivity index (χ2n) is 9.93. The van der Waals surface area contributed by atoms with Gasteiger partial charge in [-0.1, -0.05) is 38.1 Å². The summed E-state index contributed by atoms with van der Waals surface area (Å²) in [6.45, 7) is 4.08. The molecule has 2 amide bonds. The van der Waals surface area contributed by atoms with E-state index in [4.69, 9.17) is 0 Å². The van der Waals surface area contributed by atoms with E-state index in [0.717, 1.165) is 18.2 Å². The van der Waals surface area contributed by atoms with Gasteiger partial charge in [0.1, 0.15) is 12.5 Å². The number of halogens is 5. The summed E-state index contributed by atoms with van der Waals surface area (Å²) < 4.78 is 66.8. The third kappa shape index (κ3) is 7.08. The summed E-state index contributed by atoms with van der Waals surface area (Å²) in [5, 5.41) is 12.3. The van der Waals surface area contributed by atoms with Crippen LogP contribution in [-0.4, -0.2) is 65.8 Å². The molecule has 2 aromatic rings. The first-order valence-corrected chi connectivity index (χ1v) is 12.4. The van der Waals surface area contributed by atoms with Crippen LogP contribution in [0.4, 0.5) is 27.6 Å². The molecule has 1 saturated heterocycles. The van der Waals surface area contributed by atoms with Crippen molar-refractivity contribution in [3.05, 3.63) is 65.0 Å². The minimum atomic E-state index is -5.14. The number of benzene rings is 2. The second kappa shape index (κ2) is 12.2. The van der Waals surface area contributed by atoms with Gasteiger partial charge in [0.25, 0.3) is 5.91 Å². The molecule has 11 heteroatoms. The number of carbonyl (C=O) groups is 2. The Balaban J connectivity index is 1.54. The van der Waals surface area contributed by atoms with Crippen LogP contribution in [0.25, 0.3) is 0 Å². The molecule has 1 aliphatic rings. The van der Waals surface area contributed by atoms with E-state index in [0.29, 0.717) is 50.6 Å². The average Bonchev–Trinajstić information content (AvgIpc) is 2.88. The highest BCUT2D eigenvalue weighted by Gasteiger charge is 2.55. The molecule has 0 radical (unpaired) electrons.